The Bertz CT molecular complexity index is 542. The predicted molar refractivity (Wildman–Crippen MR) is 65.4 cm³/mol. The van der Waals surface area contributed by atoms with Crippen LogP contribution in [0.5, 0.6) is 0 Å². The maximum atomic E-state index is 12.3. The highest BCUT2D eigenvalue weighted by atomic mass is 35.5. The average Bonchev–Trinajstić information content (AvgIpc) is 2.38. The molecule has 102 valence electrons. The average molecular weight is 291 g/mol. The first kappa shape index (κ1) is 15.3. The van der Waals surface area contributed by atoms with Gasteiger partial charge in [0.1, 0.15) is 5.69 Å². The normalized spacial score (nSPS) is 10.9. The molecule has 0 spiro atoms. The zero-order valence-electron chi connectivity index (χ0n) is 9.55. The highest BCUT2D eigenvalue weighted by Gasteiger charge is 2.32. The van der Waals surface area contributed by atoms with Crippen LogP contribution >= 0.6 is 12.4 Å². The van der Waals surface area contributed by atoms with Crippen LogP contribution in [0.25, 0.3) is 11.1 Å². The van der Waals surface area contributed by atoms with Gasteiger partial charge >= 0.3 is 6.18 Å². The molecule has 0 aliphatic heterocycles. The van der Waals surface area contributed by atoms with Gasteiger partial charge in [0.25, 0.3) is 0 Å². The second kappa shape index (κ2) is 5.94. The van der Waals surface area contributed by atoms with Crippen molar-refractivity contribution in [2.24, 2.45) is 5.73 Å². The summed E-state index contributed by atoms with van der Waals surface area (Å²) in [5, 5.41) is 7.49. The number of halogens is 4. The van der Waals surface area contributed by atoms with E-state index in [1.54, 1.807) is 6.07 Å². The smallest absolute Gasteiger partial charge is 0.325 e. The lowest BCUT2D eigenvalue weighted by Crippen LogP contribution is -2.07. The lowest BCUT2D eigenvalue weighted by Gasteiger charge is -2.06. The number of rotatable bonds is 2. The van der Waals surface area contributed by atoms with Crippen LogP contribution < -0.4 is 5.73 Å². The number of aromatic nitrogens is 3. The van der Waals surface area contributed by atoms with Gasteiger partial charge in [0.15, 0.2) is 0 Å². The first-order valence-electron chi connectivity index (χ1n) is 5.06. The van der Waals surface area contributed by atoms with Gasteiger partial charge < -0.3 is 5.73 Å². The third kappa shape index (κ3) is 3.62. The molecule has 0 fully saturated rings. The van der Waals surface area contributed by atoms with Crippen LogP contribution in [0.15, 0.2) is 30.6 Å². The van der Waals surface area contributed by atoms with Crippen molar-refractivity contribution in [2.75, 3.05) is 0 Å². The summed E-state index contributed by atoms with van der Waals surface area (Å²) >= 11 is 0. The summed E-state index contributed by atoms with van der Waals surface area (Å²) < 4.78 is 37.0. The quantitative estimate of drug-likeness (QED) is 0.922. The Morgan fingerprint density at radius 3 is 2.37 bits per heavy atom. The van der Waals surface area contributed by atoms with Gasteiger partial charge in [-0.05, 0) is 12.1 Å². The summed E-state index contributed by atoms with van der Waals surface area (Å²) in [6, 6.07) is 3.93. The fourth-order valence-corrected chi connectivity index (χ4v) is 1.40. The zero-order valence-corrected chi connectivity index (χ0v) is 10.4. The number of hydrogen-bond acceptors (Lipinski definition) is 4. The molecule has 2 rings (SSSR count). The summed E-state index contributed by atoms with van der Waals surface area (Å²) in [5.74, 6) is 0. The van der Waals surface area contributed by atoms with Crippen molar-refractivity contribution in [1.82, 2.24) is 15.2 Å². The van der Waals surface area contributed by atoms with Gasteiger partial charge in [0.2, 0.25) is 0 Å². The van der Waals surface area contributed by atoms with E-state index in [1.807, 2.05) is 0 Å². The number of alkyl halides is 3. The molecule has 2 heterocycles. The highest BCUT2D eigenvalue weighted by molar-refractivity contribution is 5.85. The molecule has 0 aliphatic carbocycles. The van der Waals surface area contributed by atoms with E-state index in [9.17, 15) is 13.2 Å². The number of pyridine rings is 1. The monoisotopic (exact) mass is 290 g/mol. The van der Waals surface area contributed by atoms with Crippen LogP contribution in [0.4, 0.5) is 13.2 Å². The van der Waals surface area contributed by atoms with Crippen molar-refractivity contribution < 1.29 is 13.2 Å². The van der Waals surface area contributed by atoms with Crippen LogP contribution in [-0.2, 0) is 12.7 Å². The Morgan fingerprint density at radius 2 is 1.84 bits per heavy atom. The van der Waals surface area contributed by atoms with Gasteiger partial charge in [0.05, 0.1) is 11.9 Å². The molecule has 2 aromatic heterocycles. The summed E-state index contributed by atoms with van der Waals surface area (Å²) in [5.41, 5.74) is 6.22. The molecule has 0 amide bonds. The predicted octanol–water partition coefficient (Wildman–Crippen LogP) is 2.44. The fourth-order valence-electron chi connectivity index (χ4n) is 1.40. The topological polar surface area (TPSA) is 64.7 Å². The van der Waals surface area contributed by atoms with Gasteiger partial charge in [-0.15, -0.1) is 12.4 Å². The van der Waals surface area contributed by atoms with E-state index >= 15 is 0 Å². The molecule has 2 N–H and O–H groups in total. The second-order valence-corrected chi connectivity index (χ2v) is 3.57. The molecular weight excluding hydrogens is 281 g/mol. The number of nitrogens with two attached hydrogens (primary N) is 1. The minimum Gasteiger partial charge on any atom is -0.325 e. The van der Waals surface area contributed by atoms with Crippen molar-refractivity contribution in [2.45, 2.75) is 12.7 Å². The standard InChI is InChI=1S/C11H9F3N4.ClH/c12-11(13,14)10-2-1-7(5-16-10)8-3-9(4-15)18-17-6-8;/h1-3,5-6H,4,15H2;1H. The summed E-state index contributed by atoms with van der Waals surface area (Å²) in [6.45, 7) is 0.217. The molecule has 19 heavy (non-hydrogen) atoms. The van der Waals surface area contributed by atoms with Crippen LogP contribution in [0, 0.1) is 0 Å². The maximum Gasteiger partial charge on any atom is 0.433 e. The Balaban J connectivity index is 0.00000180. The molecule has 0 aliphatic rings. The fraction of sp³-hybridized carbons (Fsp3) is 0.182. The molecule has 0 aromatic carbocycles. The molecule has 8 heteroatoms. The largest absolute Gasteiger partial charge is 0.433 e. The van der Waals surface area contributed by atoms with Gasteiger partial charge in [0, 0.05) is 23.9 Å². The van der Waals surface area contributed by atoms with Crippen LogP contribution in [0.1, 0.15) is 11.4 Å². The van der Waals surface area contributed by atoms with E-state index in [0.29, 0.717) is 16.8 Å². The highest BCUT2D eigenvalue weighted by Crippen LogP contribution is 2.28. The molecule has 0 radical (unpaired) electrons. The summed E-state index contributed by atoms with van der Waals surface area (Å²) in [6.07, 6.45) is -1.83. The second-order valence-electron chi connectivity index (χ2n) is 3.57. The maximum absolute atomic E-state index is 12.3. The molecule has 0 bridgehead atoms. The first-order valence-corrected chi connectivity index (χ1v) is 5.06. The Morgan fingerprint density at radius 1 is 1.11 bits per heavy atom. The van der Waals surface area contributed by atoms with E-state index in [1.165, 1.54) is 12.3 Å². The molecule has 4 nitrogen and oxygen atoms in total. The van der Waals surface area contributed by atoms with E-state index in [0.717, 1.165) is 12.3 Å². The van der Waals surface area contributed by atoms with E-state index in [4.69, 9.17) is 5.73 Å². The SMILES string of the molecule is Cl.NCc1cc(-c2ccc(C(F)(F)F)nc2)cnn1. The summed E-state index contributed by atoms with van der Waals surface area (Å²) in [4.78, 5) is 3.38. The molecule has 2 aromatic rings. The van der Waals surface area contributed by atoms with Crippen LogP contribution in [0.2, 0.25) is 0 Å². The number of hydrogen-bond donors (Lipinski definition) is 1. The number of nitrogens with zero attached hydrogens (tertiary/aromatic N) is 3. The van der Waals surface area contributed by atoms with Gasteiger partial charge in [-0.2, -0.15) is 23.4 Å². The Kier molecular flexibility index (Phi) is 4.79. The van der Waals surface area contributed by atoms with Crippen molar-refractivity contribution >= 4 is 12.4 Å². The molecule has 0 atom stereocenters. The van der Waals surface area contributed by atoms with Crippen molar-refractivity contribution in [3.8, 4) is 11.1 Å². The molecule has 0 unspecified atom stereocenters. The van der Waals surface area contributed by atoms with Crippen molar-refractivity contribution in [3.63, 3.8) is 0 Å². The van der Waals surface area contributed by atoms with Crippen molar-refractivity contribution in [3.05, 3.63) is 42.0 Å². The van der Waals surface area contributed by atoms with Crippen molar-refractivity contribution in [1.29, 1.82) is 0 Å². The van der Waals surface area contributed by atoms with Crippen LogP contribution in [0.3, 0.4) is 0 Å². The van der Waals surface area contributed by atoms with E-state index in [2.05, 4.69) is 15.2 Å². The van der Waals surface area contributed by atoms with E-state index < -0.39 is 11.9 Å². The minimum atomic E-state index is -4.43. The summed E-state index contributed by atoms with van der Waals surface area (Å²) in [7, 11) is 0. The molecule has 0 saturated carbocycles. The van der Waals surface area contributed by atoms with Gasteiger partial charge in [-0.3, -0.25) is 4.98 Å². The third-order valence-corrected chi connectivity index (χ3v) is 2.30. The van der Waals surface area contributed by atoms with Crippen LogP contribution in [-0.4, -0.2) is 15.2 Å². The first-order chi connectivity index (χ1) is 8.50. The lowest BCUT2D eigenvalue weighted by atomic mass is 10.1. The molecule has 0 saturated heterocycles. The minimum absolute atomic E-state index is 0. The Hall–Kier alpha value is -1.73. The zero-order chi connectivity index (χ0) is 13.2. The Labute approximate surface area is 113 Å². The van der Waals surface area contributed by atoms with Gasteiger partial charge in [-0.1, -0.05) is 6.07 Å². The van der Waals surface area contributed by atoms with E-state index in [-0.39, 0.29) is 19.0 Å². The lowest BCUT2D eigenvalue weighted by molar-refractivity contribution is -0.141. The molecular formula is C11H10ClF3N4. The van der Waals surface area contributed by atoms with Gasteiger partial charge in [-0.25, -0.2) is 0 Å². The third-order valence-electron chi connectivity index (χ3n) is 2.30.